The molecule has 0 N–H and O–H groups in total. The Hall–Kier alpha value is -3.74. The van der Waals surface area contributed by atoms with Gasteiger partial charge in [0.15, 0.2) is 5.78 Å². The average molecular weight is 416 g/mol. The molecule has 7 heteroatoms. The average Bonchev–Trinajstić information content (AvgIpc) is 2.79. The Morgan fingerprint density at radius 1 is 0.871 bits per heavy atom. The second-order valence-electron chi connectivity index (χ2n) is 7.44. The minimum Gasteiger partial charge on any atom is -0.439 e. The van der Waals surface area contributed by atoms with E-state index in [4.69, 9.17) is 4.74 Å². The van der Waals surface area contributed by atoms with Gasteiger partial charge in [-0.1, -0.05) is 30.3 Å². The van der Waals surface area contributed by atoms with Crippen LogP contribution in [0.3, 0.4) is 0 Å². The number of aromatic nitrogens is 2. The molecule has 2 aromatic carbocycles. The van der Waals surface area contributed by atoms with E-state index < -0.39 is 0 Å². The van der Waals surface area contributed by atoms with Gasteiger partial charge in [-0.15, -0.1) is 0 Å². The third kappa shape index (κ3) is 4.88. The van der Waals surface area contributed by atoms with Crippen LogP contribution in [0.25, 0.3) is 0 Å². The Kier molecular flexibility index (Phi) is 5.93. The number of carbonyl (C=O) groups excluding carboxylic acids is 2. The lowest BCUT2D eigenvalue weighted by Crippen LogP contribution is -2.49. The zero-order valence-corrected chi connectivity index (χ0v) is 17.6. The quantitative estimate of drug-likeness (QED) is 0.590. The zero-order valence-electron chi connectivity index (χ0n) is 17.6. The molecule has 0 unspecified atom stereocenters. The van der Waals surface area contributed by atoms with Crippen molar-refractivity contribution in [2.75, 3.05) is 31.1 Å². The summed E-state index contributed by atoms with van der Waals surface area (Å²) in [5.74, 6) is 2.60. The lowest BCUT2D eigenvalue weighted by atomic mass is 10.1. The molecule has 1 fully saturated rings. The van der Waals surface area contributed by atoms with Crippen molar-refractivity contribution in [3.63, 3.8) is 0 Å². The van der Waals surface area contributed by atoms with Gasteiger partial charge in [0.25, 0.3) is 5.91 Å². The second kappa shape index (κ2) is 8.95. The molecular formula is C24H24N4O3. The number of piperazine rings is 1. The van der Waals surface area contributed by atoms with Crippen LogP contribution in [0, 0.1) is 6.92 Å². The molecule has 0 aliphatic carbocycles. The van der Waals surface area contributed by atoms with Crippen molar-refractivity contribution in [2.24, 2.45) is 0 Å². The molecular weight excluding hydrogens is 392 g/mol. The molecule has 1 aliphatic rings. The molecule has 0 atom stereocenters. The molecule has 158 valence electrons. The highest BCUT2D eigenvalue weighted by Crippen LogP contribution is 2.24. The fourth-order valence-electron chi connectivity index (χ4n) is 3.52. The molecule has 7 nitrogen and oxygen atoms in total. The van der Waals surface area contributed by atoms with Crippen LogP contribution in [0.4, 0.5) is 5.82 Å². The van der Waals surface area contributed by atoms with Crippen LogP contribution in [0.1, 0.15) is 33.5 Å². The van der Waals surface area contributed by atoms with E-state index in [0.717, 1.165) is 11.6 Å². The minimum atomic E-state index is -0.0262. The van der Waals surface area contributed by atoms with E-state index in [1.54, 1.807) is 24.3 Å². The molecule has 1 aliphatic heterocycles. The monoisotopic (exact) mass is 416 g/mol. The van der Waals surface area contributed by atoms with Gasteiger partial charge < -0.3 is 14.5 Å². The fraction of sp³-hybridized carbons (Fsp3) is 0.250. The van der Waals surface area contributed by atoms with Gasteiger partial charge in [0.2, 0.25) is 5.88 Å². The number of amides is 1. The number of aryl methyl sites for hydroxylation is 1. The van der Waals surface area contributed by atoms with Crippen molar-refractivity contribution >= 4 is 17.5 Å². The summed E-state index contributed by atoms with van der Waals surface area (Å²) in [5.41, 5.74) is 1.20. The van der Waals surface area contributed by atoms with Crippen LogP contribution in [0.15, 0.2) is 60.7 Å². The van der Waals surface area contributed by atoms with Gasteiger partial charge in [0.05, 0.1) is 0 Å². The number of nitrogens with zero attached hydrogens (tertiary/aromatic N) is 4. The Labute approximate surface area is 181 Å². The molecule has 0 spiro atoms. The van der Waals surface area contributed by atoms with E-state index >= 15 is 0 Å². The van der Waals surface area contributed by atoms with E-state index in [-0.39, 0.29) is 11.7 Å². The molecule has 1 aromatic heterocycles. The van der Waals surface area contributed by atoms with Gasteiger partial charge in [-0.05, 0) is 38.1 Å². The van der Waals surface area contributed by atoms with Crippen molar-refractivity contribution in [2.45, 2.75) is 13.8 Å². The Morgan fingerprint density at radius 2 is 1.52 bits per heavy atom. The first-order valence-electron chi connectivity index (χ1n) is 10.2. The number of para-hydroxylation sites is 1. The molecule has 31 heavy (non-hydrogen) atoms. The zero-order chi connectivity index (χ0) is 21.8. The highest BCUT2D eigenvalue weighted by atomic mass is 16.5. The van der Waals surface area contributed by atoms with Crippen LogP contribution in [-0.2, 0) is 0 Å². The number of carbonyl (C=O) groups is 2. The molecule has 0 radical (unpaired) electrons. The van der Waals surface area contributed by atoms with Crippen molar-refractivity contribution in [1.29, 1.82) is 0 Å². The number of hydrogen-bond donors (Lipinski definition) is 0. The summed E-state index contributed by atoms with van der Waals surface area (Å²) < 4.78 is 5.87. The molecule has 4 rings (SSSR count). The van der Waals surface area contributed by atoms with Crippen LogP contribution < -0.4 is 9.64 Å². The molecule has 3 aromatic rings. The third-order valence-electron chi connectivity index (χ3n) is 5.20. The fourth-order valence-corrected chi connectivity index (χ4v) is 3.52. The van der Waals surface area contributed by atoms with Crippen molar-refractivity contribution in [3.8, 4) is 11.6 Å². The Bertz CT molecular complexity index is 1080. The second-order valence-corrected chi connectivity index (χ2v) is 7.44. The maximum Gasteiger partial charge on any atom is 0.253 e. The number of rotatable bonds is 5. The van der Waals surface area contributed by atoms with Crippen molar-refractivity contribution in [3.05, 3.63) is 77.6 Å². The Morgan fingerprint density at radius 3 is 2.16 bits per heavy atom. The first-order valence-corrected chi connectivity index (χ1v) is 10.2. The van der Waals surface area contributed by atoms with Gasteiger partial charge >= 0.3 is 0 Å². The van der Waals surface area contributed by atoms with Crippen LogP contribution in [0.2, 0.25) is 0 Å². The van der Waals surface area contributed by atoms with Gasteiger partial charge in [-0.3, -0.25) is 9.59 Å². The predicted molar refractivity (Wildman–Crippen MR) is 118 cm³/mol. The molecule has 0 saturated carbocycles. The molecule has 1 amide bonds. The van der Waals surface area contributed by atoms with Gasteiger partial charge in [0, 0.05) is 43.4 Å². The smallest absolute Gasteiger partial charge is 0.253 e. The first kappa shape index (κ1) is 20.5. The SMILES string of the molecule is CC(=O)c1ccc(C(=O)N2CCN(c3cc(Oc4ccccc4)nc(C)n3)CC2)cc1. The van der Waals surface area contributed by atoms with Gasteiger partial charge in [-0.2, -0.15) is 4.98 Å². The maximum atomic E-state index is 12.8. The summed E-state index contributed by atoms with van der Waals surface area (Å²) >= 11 is 0. The summed E-state index contributed by atoms with van der Waals surface area (Å²) in [7, 11) is 0. The highest BCUT2D eigenvalue weighted by molar-refractivity contribution is 5.97. The summed E-state index contributed by atoms with van der Waals surface area (Å²) in [6.45, 7) is 5.86. The lowest BCUT2D eigenvalue weighted by Gasteiger charge is -2.35. The molecule has 0 bridgehead atoms. The lowest BCUT2D eigenvalue weighted by molar-refractivity contribution is 0.0746. The minimum absolute atomic E-state index is 0.0108. The number of Topliss-reactive ketones (excluding diaryl/α,β-unsaturated/α-hetero) is 1. The van der Waals surface area contributed by atoms with Gasteiger partial charge in [-0.25, -0.2) is 4.98 Å². The van der Waals surface area contributed by atoms with Crippen LogP contribution in [0.5, 0.6) is 11.6 Å². The largest absolute Gasteiger partial charge is 0.439 e. The van der Waals surface area contributed by atoms with Crippen LogP contribution >= 0.6 is 0 Å². The Balaban J connectivity index is 1.41. The number of ether oxygens (including phenoxy) is 1. The van der Waals surface area contributed by atoms with E-state index in [0.29, 0.717) is 49.0 Å². The van der Waals surface area contributed by atoms with Gasteiger partial charge in [0.1, 0.15) is 17.4 Å². The topological polar surface area (TPSA) is 75.6 Å². The summed E-state index contributed by atoms with van der Waals surface area (Å²) in [4.78, 5) is 37.1. The summed E-state index contributed by atoms with van der Waals surface area (Å²) in [6, 6.07) is 18.2. The van der Waals surface area contributed by atoms with E-state index in [1.165, 1.54) is 6.92 Å². The molecule has 2 heterocycles. The molecule has 1 saturated heterocycles. The number of hydrogen-bond acceptors (Lipinski definition) is 6. The highest BCUT2D eigenvalue weighted by Gasteiger charge is 2.23. The number of benzene rings is 2. The van der Waals surface area contributed by atoms with E-state index in [1.807, 2.05) is 48.2 Å². The van der Waals surface area contributed by atoms with E-state index in [9.17, 15) is 9.59 Å². The third-order valence-corrected chi connectivity index (χ3v) is 5.20. The normalized spacial score (nSPS) is 13.7. The summed E-state index contributed by atoms with van der Waals surface area (Å²) in [5, 5.41) is 0. The van der Waals surface area contributed by atoms with Crippen molar-refractivity contribution in [1.82, 2.24) is 14.9 Å². The predicted octanol–water partition coefficient (Wildman–Crippen LogP) is 3.74. The number of ketones is 1. The summed E-state index contributed by atoms with van der Waals surface area (Å²) in [6.07, 6.45) is 0. The standard InChI is InChI=1S/C24H24N4O3/c1-17(29)19-8-10-20(11-9-19)24(30)28-14-12-27(13-15-28)22-16-23(26-18(2)25-22)31-21-6-4-3-5-7-21/h3-11,16H,12-15H2,1-2H3. The maximum absolute atomic E-state index is 12.8. The number of anilines is 1. The van der Waals surface area contributed by atoms with E-state index in [2.05, 4.69) is 14.9 Å². The first-order chi connectivity index (χ1) is 15.0. The van der Waals surface area contributed by atoms with Crippen LogP contribution in [-0.4, -0.2) is 52.7 Å². The van der Waals surface area contributed by atoms with Crippen molar-refractivity contribution < 1.29 is 14.3 Å².